The van der Waals surface area contributed by atoms with Crippen LogP contribution >= 0.6 is 15.9 Å². The molecule has 6 rings (SSSR count). The fourth-order valence-electron chi connectivity index (χ4n) is 5.05. The molecule has 11 heteroatoms. The number of aliphatic hydroxyl groups excluding tert-OH is 1. The monoisotopic (exact) mass is 562 g/mol. The molecule has 3 aromatic heterocycles. The van der Waals surface area contributed by atoms with Crippen LogP contribution in [0, 0.1) is 18.3 Å². The van der Waals surface area contributed by atoms with Gasteiger partial charge in [0.25, 0.3) is 0 Å². The summed E-state index contributed by atoms with van der Waals surface area (Å²) in [5.41, 5.74) is 4.94. The van der Waals surface area contributed by atoms with Crippen LogP contribution in [0.25, 0.3) is 22.7 Å². The van der Waals surface area contributed by atoms with Crippen molar-refractivity contribution < 1.29 is 9.84 Å². The topological polar surface area (TPSA) is 108 Å². The maximum Gasteiger partial charge on any atom is 0.163 e. The highest BCUT2D eigenvalue weighted by Gasteiger charge is 2.29. The summed E-state index contributed by atoms with van der Waals surface area (Å²) in [6.45, 7) is 7.56. The first-order valence-corrected chi connectivity index (χ1v) is 13.2. The maximum atomic E-state index is 9.59. The molecule has 0 aliphatic carbocycles. The third kappa shape index (κ3) is 4.40. The van der Waals surface area contributed by atoms with E-state index in [2.05, 4.69) is 49.0 Å². The number of imidazole rings is 1. The number of rotatable bonds is 6. The summed E-state index contributed by atoms with van der Waals surface area (Å²) in [6.07, 6.45) is 2.22. The first-order chi connectivity index (χ1) is 18.1. The Morgan fingerprint density at radius 1 is 1.16 bits per heavy atom. The van der Waals surface area contributed by atoms with Gasteiger partial charge in [0.1, 0.15) is 18.2 Å². The van der Waals surface area contributed by atoms with Gasteiger partial charge in [-0.05, 0) is 59.1 Å². The lowest BCUT2D eigenvalue weighted by molar-refractivity contribution is -0.0660. The van der Waals surface area contributed by atoms with Gasteiger partial charge in [0, 0.05) is 43.0 Å². The lowest BCUT2D eigenvalue weighted by Crippen LogP contribution is -2.56. The second kappa shape index (κ2) is 9.87. The molecule has 0 atom stereocenters. The molecule has 10 nitrogen and oxygen atoms in total. The first-order valence-electron chi connectivity index (χ1n) is 12.4. The van der Waals surface area contributed by atoms with E-state index in [1.54, 1.807) is 17.1 Å². The fraction of sp³-hybridized carbons (Fsp3) is 0.385. The summed E-state index contributed by atoms with van der Waals surface area (Å²) in [5.74, 6) is 1.28. The number of ether oxygens (including phenoxy) is 1. The summed E-state index contributed by atoms with van der Waals surface area (Å²) in [7, 11) is 0. The molecule has 0 bridgehead atoms. The van der Waals surface area contributed by atoms with Gasteiger partial charge < -0.3 is 14.7 Å². The van der Waals surface area contributed by atoms with Crippen LogP contribution in [0.2, 0.25) is 0 Å². The quantitative estimate of drug-likeness (QED) is 0.382. The van der Waals surface area contributed by atoms with Crippen LogP contribution in [0.15, 0.2) is 41.1 Å². The summed E-state index contributed by atoms with van der Waals surface area (Å²) in [5, 5.41) is 23.3. The molecule has 2 fully saturated rings. The van der Waals surface area contributed by atoms with Gasteiger partial charge in [-0.2, -0.15) is 10.4 Å². The van der Waals surface area contributed by atoms with E-state index in [1.807, 2.05) is 23.6 Å². The van der Waals surface area contributed by atoms with Gasteiger partial charge in [-0.1, -0.05) is 6.07 Å². The van der Waals surface area contributed by atoms with Gasteiger partial charge >= 0.3 is 0 Å². The largest absolute Gasteiger partial charge is 0.396 e. The Labute approximate surface area is 222 Å². The molecule has 1 aromatic carbocycles. The fourth-order valence-corrected chi connectivity index (χ4v) is 5.63. The van der Waals surface area contributed by atoms with E-state index in [9.17, 15) is 10.4 Å². The smallest absolute Gasteiger partial charge is 0.163 e. The second-order valence-corrected chi connectivity index (χ2v) is 10.3. The number of hydrogen-bond donors (Lipinski definition) is 1. The summed E-state index contributed by atoms with van der Waals surface area (Å²) >= 11 is 3.81. The summed E-state index contributed by atoms with van der Waals surface area (Å²) in [4.78, 5) is 14.5. The van der Waals surface area contributed by atoms with Crippen LogP contribution in [0.5, 0.6) is 0 Å². The van der Waals surface area contributed by atoms with E-state index in [1.165, 1.54) is 0 Å². The minimum Gasteiger partial charge on any atom is -0.396 e. The maximum absolute atomic E-state index is 9.59. The zero-order valence-corrected chi connectivity index (χ0v) is 22.1. The number of fused-ring (bicyclic) bond motifs is 1. The Kier molecular flexibility index (Phi) is 6.42. The Morgan fingerprint density at radius 2 is 1.97 bits per heavy atom. The third-order valence-electron chi connectivity index (χ3n) is 7.18. The minimum atomic E-state index is -0.00806. The van der Waals surface area contributed by atoms with Crippen molar-refractivity contribution in [3.8, 4) is 17.7 Å². The van der Waals surface area contributed by atoms with Crippen molar-refractivity contribution in [1.29, 1.82) is 5.26 Å². The van der Waals surface area contributed by atoms with E-state index in [-0.39, 0.29) is 6.61 Å². The van der Waals surface area contributed by atoms with Crippen molar-refractivity contribution in [3.63, 3.8) is 0 Å². The lowest BCUT2D eigenvalue weighted by Gasteiger charge is -2.43. The van der Waals surface area contributed by atoms with Crippen molar-refractivity contribution in [2.45, 2.75) is 19.4 Å². The number of nitriles is 1. The van der Waals surface area contributed by atoms with Gasteiger partial charge in [-0.15, -0.1) is 0 Å². The van der Waals surface area contributed by atoms with Crippen LogP contribution in [-0.2, 0) is 11.2 Å². The molecule has 2 aliphatic heterocycles. The van der Waals surface area contributed by atoms with Gasteiger partial charge in [0.2, 0.25) is 0 Å². The molecule has 2 saturated heterocycles. The number of anilines is 1. The number of aromatic nitrogens is 5. The van der Waals surface area contributed by atoms with Gasteiger partial charge in [0.05, 0.1) is 36.0 Å². The molecule has 0 unspecified atom stereocenters. The predicted octanol–water partition coefficient (Wildman–Crippen LogP) is 2.60. The van der Waals surface area contributed by atoms with E-state index in [4.69, 9.17) is 14.7 Å². The van der Waals surface area contributed by atoms with E-state index >= 15 is 0 Å². The number of benzene rings is 1. The highest BCUT2D eigenvalue weighted by molar-refractivity contribution is 9.10. The van der Waals surface area contributed by atoms with Crippen LogP contribution in [0.4, 0.5) is 5.69 Å². The highest BCUT2D eigenvalue weighted by Crippen LogP contribution is 2.33. The molecule has 1 N–H and O–H groups in total. The number of pyridine rings is 1. The summed E-state index contributed by atoms with van der Waals surface area (Å²) in [6, 6.07) is 12.5. The standard InChI is InChI=1S/C26H27BrN8O2/c1-17-10-19(13-28)31-35(17)26-18(4-9-36)2-3-25(30-26)34-16-29-22-12-23(21(27)11-24(22)34)33-7-5-32(6-8-33)20-14-37-15-20/h2-3,10-12,16,20,36H,4-9,14-15H2,1H3. The molecule has 0 amide bonds. The average molecular weight is 563 g/mol. The van der Waals surface area contributed by atoms with Crippen molar-refractivity contribution >= 4 is 32.7 Å². The SMILES string of the molecule is Cc1cc(C#N)nn1-c1nc(-n2cnc3cc(N4CCN(C5COC5)CC4)c(Br)cc32)ccc1CCO. The van der Waals surface area contributed by atoms with E-state index in [0.29, 0.717) is 29.8 Å². The molecule has 0 spiro atoms. The van der Waals surface area contributed by atoms with Crippen LogP contribution in [-0.4, -0.2) is 86.4 Å². The first kappa shape index (κ1) is 24.1. The number of aliphatic hydroxyl groups is 1. The highest BCUT2D eigenvalue weighted by atomic mass is 79.9. The number of hydrogen-bond acceptors (Lipinski definition) is 8. The summed E-state index contributed by atoms with van der Waals surface area (Å²) < 4.78 is 9.99. The normalized spacial score (nSPS) is 16.8. The molecule has 0 radical (unpaired) electrons. The Hall–Kier alpha value is -3.30. The Bertz CT molecular complexity index is 1490. The van der Waals surface area contributed by atoms with Crippen LogP contribution < -0.4 is 4.90 Å². The number of nitrogens with zero attached hydrogens (tertiary/aromatic N) is 8. The average Bonchev–Trinajstić information content (AvgIpc) is 3.46. The van der Waals surface area contributed by atoms with Crippen LogP contribution in [0.3, 0.4) is 0 Å². The lowest BCUT2D eigenvalue weighted by atomic mass is 10.1. The molecular weight excluding hydrogens is 536 g/mol. The van der Waals surface area contributed by atoms with Crippen molar-refractivity contribution in [1.82, 2.24) is 29.2 Å². The molecule has 2 aliphatic rings. The predicted molar refractivity (Wildman–Crippen MR) is 142 cm³/mol. The van der Waals surface area contributed by atoms with Gasteiger partial charge in [-0.25, -0.2) is 14.6 Å². The Morgan fingerprint density at radius 3 is 2.65 bits per heavy atom. The number of halogens is 1. The van der Waals surface area contributed by atoms with E-state index in [0.717, 1.165) is 71.8 Å². The van der Waals surface area contributed by atoms with Gasteiger partial charge in [-0.3, -0.25) is 9.47 Å². The van der Waals surface area contributed by atoms with Crippen molar-refractivity contribution in [2.24, 2.45) is 0 Å². The minimum absolute atomic E-state index is 0.00806. The molecule has 190 valence electrons. The zero-order valence-electron chi connectivity index (χ0n) is 20.5. The molecular formula is C26H27BrN8O2. The molecule has 4 aromatic rings. The van der Waals surface area contributed by atoms with Crippen LogP contribution in [0.1, 0.15) is 17.0 Å². The third-order valence-corrected chi connectivity index (χ3v) is 7.81. The zero-order chi connectivity index (χ0) is 25.5. The Balaban J connectivity index is 1.33. The van der Waals surface area contributed by atoms with Gasteiger partial charge in [0.15, 0.2) is 11.5 Å². The molecule has 37 heavy (non-hydrogen) atoms. The molecule has 0 saturated carbocycles. The number of aryl methyl sites for hydroxylation is 1. The van der Waals surface area contributed by atoms with Crippen molar-refractivity contribution in [2.75, 3.05) is 50.9 Å². The van der Waals surface area contributed by atoms with Crippen molar-refractivity contribution in [3.05, 3.63) is 58.1 Å². The second-order valence-electron chi connectivity index (χ2n) is 9.44. The number of piperazine rings is 1. The molecule has 5 heterocycles. The van der Waals surface area contributed by atoms with E-state index < -0.39 is 0 Å².